The van der Waals surface area contributed by atoms with Crippen molar-refractivity contribution in [2.75, 3.05) is 29.1 Å². The van der Waals surface area contributed by atoms with E-state index in [0.29, 0.717) is 34.2 Å². The van der Waals surface area contributed by atoms with Crippen molar-refractivity contribution < 1.29 is 13.6 Å². The van der Waals surface area contributed by atoms with Crippen LogP contribution in [0.2, 0.25) is 0 Å². The first kappa shape index (κ1) is 26.3. The number of rotatable bonds is 6. The average Bonchev–Trinajstić information content (AvgIpc) is 3.58. The number of benzene rings is 3. The number of halogens is 2. The van der Waals surface area contributed by atoms with Crippen LogP contribution in [0.3, 0.4) is 0 Å². The Bertz CT molecular complexity index is 2000. The van der Waals surface area contributed by atoms with Crippen LogP contribution < -0.4 is 15.5 Å². The molecule has 0 bridgehead atoms. The van der Waals surface area contributed by atoms with Gasteiger partial charge in [0.1, 0.15) is 22.8 Å². The van der Waals surface area contributed by atoms with E-state index in [2.05, 4.69) is 39.7 Å². The Kier molecular flexibility index (Phi) is 6.50. The van der Waals surface area contributed by atoms with E-state index in [1.165, 1.54) is 17.3 Å². The summed E-state index contributed by atoms with van der Waals surface area (Å²) < 4.78 is 30.4. The third-order valence-corrected chi connectivity index (χ3v) is 7.48. The molecule has 1 aliphatic rings. The number of pyridine rings is 1. The van der Waals surface area contributed by atoms with E-state index in [1.807, 2.05) is 47.0 Å². The number of carbonyl (C=O) groups excluding carboxylic acids is 1. The number of imidazole rings is 1. The molecule has 8 nitrogen and oxygen atoms in total. The number of hydrogen-bond donors (Lipinski definition) is 2. The quantitative estimate of drug-likeness (QED) is 0.230. The highest BCUT2D eigenvalue weighted by Crippen LogP contribution is 2.34. The van der Waals surface area contributed by atoms with E-state index >= 15 is 0 Å². The molecular weight excluding hydrogens is 548 g/mol. The lowest BCUT2D eigenvalue weighted by atomic mass is 10.1. The fourth-order valence-electron chi connectivity index (χ4n) is 5.42. The third kappa shape index (κ3) is 4.93. The van der Waals surface area contributed by atoms with Crippen molar-refractivity contribution in [3.05, 3.63) is 120 Å². The number of amides is 1. The fourth-order valence-corrected chi connectivity index (χ4v) is 5.42. The minimum absolute atomic E-state index is 0.362. The second-order valence-electron chi connectivity index (χ2n) is 10.3. The van der Waals surface area contributed by atoms with E-state index in [1.54, 1.807) is 24.4 Å². The molecule has 43 heavy (non-hydrogen) atoms. The lowest BCUT2D eigenvalue weighted by molar-refractivity contribution is 0.101. The van der Waals surface area contributed by atoms with Gasteiger partial charge in [-0.1, -0.05) is 24.3 Å². The van der Waals surface area contributed by atoms with Crippen LogP contribution in [-0.2, 0) is 6.42 Å². The molecule has 3 aromatic carbocycles. The molecule has 0 unspecified atom stereocenters. The molecule has 0 aliphatic carbocycles. The molecule has 7 rings (SSSR count). The number of anilines is 4. The normalized spacial score (nSPS) is 12.4. The highest BCUT2D eigenvalue weighted by atomic mass is 19.1. The smallest absolute Gasteiger partial charge is 0.261 e. The molecule has 3 aromatic heterocycles. The second-order valence-corrected chi connectivity index (χ2v) is 10.3. The lowest BCUT2D eigenvalue weighted by Gasteiger charge is -2.13. The fraction of sp³-hybridized carbons (Fsp3) is 0.0909. The van der Waals surface area contributed by atoms with Gasteiger partial charge in [-0.3, -0.25) is 9.20 Å². The Balaban J connectivity index is 1.24. The molecule has 1 amide bonds. The maximum Gasteiger partial charge on any atom is 0.261 e. The number of likely N-dealkylation sites (N-methyl/N-ethyl adjacent to an activating group) is 1. The summed E-state index contributed by atoms with van der Waals surface area (Å²) in [5, 5.41) is 5.94. The number of aromatic nitrogens is 4. The molecule has 2 N–H and O–H groups in total. The van der Waals surface area contributed by atoms with Crippen LogP contribution >= 0.6 is 0 Å². The Labute approximate surface area is 245 Å². The van der Waals surface area contributed by atoms with Crippen LogP contribution in [0.25, 0.3) is 28.3 Å². The number of nitrogens with one attached hydrogen (secondary N) is 2. The summed E-state index contributed by atoms with van der Waals surface area (Å²) >= 11 is 0. The van der Waals surface area contributed by atoms with Gasteiger partial charge < -0.3 is 15.5 Å². The van der Waals surface area contributed by atoms with Gasteiger partial charge in [0.25, 0.3) is 5.91 Å². The first-order chi connectivity index (χ1) is 20.9. The third-order valence-electron chi connectivity index (χ3n) is 7.48. The predicted octanol–water partition coefficient (Wildman–Crippen LogP) is 6.72. The number of nitrogens with zero attached hydrogens (tertiary/aromatic N) is 5. The first-order valence-electron chi connectivity index (χ1n) is 13.7. The van der Waals surface area contributed by atoms with Crippen molar-refractivity contribution in [1.82, 2.24) is 19.4 Å². The topological polar surface area (TPSA) is 87.5 Å². The molecule has 1 aliphatic heterocycles. The molecule has 0 radical (unpaired) electrons. The standard InChI is InChI=1S/C33H25F2N7O/c1-41-17-14-20-18-23(11-12-27(20)41)38-33-36-15-13-26(39-33)31-30(40-28-10-2-3-16-42(28)31)21-6-4-7-22(19-21)37-32(43)29-24(34)8-5-9-25(29)35/h2-13,15-16,18-19H,14,17H2,1H3,(H,37,43)(H,36,38,39). The lowest BCUT2D eigenvalue weighted by Crippen LogP contribution is -2.15. The van der Waals surface area contributed by atoms with E-state index in [4.69, 9.17) is 9.97 Å². The molecule has 0 saturated carbocycles. The molecule has 0 atom stereocenters. The highest BCUT2D eigenvalue weighted by Gasteiger charge is 2.21. The Morgan fingerprint density at radius 3 is 2.58 bits per heavy atom. The van der Waals surface area contributed by atoms with E-state index in [0.717, 1.165) is 36.5 Å². The maximum atomic E-state index is 14.2. The summed E-state index contributed by atoms with van der Waals surface area (Å²) in [6.07, 6.45) is 4.58. The number of carbonyl (C=O) groups is 1. The summed E-state index contributed by atoms with van der Waals surface area (Å²) in [6, 6.07) is 24.0. The van der Waals surface area contributed by atoms with Crippen molar-refractivity contribution in [3.8, 4) is 22.6 Å². The summed E-state index contributed by atoms with van der Waals surface area (Å²) in [5.74, 6) is -2.31. The minimum Gasteiger partial charge on any atom is -0.374 e. The van der Waals surface area contributed by atoms with E-state index in [-0.39, 0.29) is 0 Å². The Morgan fingerprint density at radius 2 is 1.72 bits per heavy atom. The van der Waals surface area contributed by atoms with Crippen molar-refractivity contribution >= 4 is 34.6 Å². The van der Waals surface area contributed by atoms with Gasteiger partial charge in [0, 0.05) is 48.6 Å². The van der Waals surface area contributed by atoms with Crippen LogP contribution in [0.4, 0.5) is 31.8 Å². The zero-order chi connectivity index (χ0) is 29.5. The summed E-state index contributed by atoms with van der Waals surface area (Å²) in [4.78, 5) is 29.2. The van der Waals surface area contributed by atoms with Crippen molar-refractivity contribution in [2.24, 2.45) is 0 Å². The average molecular weight is 574 g/mol. The maximum absolute atomic E-state index is 14.2. The van der Waals surface area contributed by atoms with Crippen molar-refractivity contribution in [1.29, 1.82) is 0 Å². The molecule has 0 saturated heterocycles. The van der Waals surface area contributed by atoms with Crippen LogP contribution in [0.1, 0.15) is 15.9 Å². The van der Waals surface area contributed by atoms with Gasteiger partial charge >= 0.3 is 0 Å². The number of fused-ring (bicyclic) bond motifs is 2. The zero-order valence-corrected chi connectivity index (χ0v) is 23.1. The molecule has 4 heterocycles. The van der Waals surface area contributed by atoms with Gasteiger partial charge in [-0.05, 0) is 72.6 Å². The minimum atomic E-state index is -0.934. The molecule has 212 valence electrons. The van der Waals surface area contributed by atoms with Crippen LogP contribution in [0, 0.1) is 11.6 Å². The van der Waals surface area contributed by atoms with Crippen molar-refractivity contribution in [3.63, 3.8) is 0 Å². The van der Waals surface area contributed by atoms with Crippen LogP contribution in [-0.4, -0.2) is 38.9 Å². The summed E-state index contributed by atoms with van der Waals surface area (Å²) in [6.45, 7) is 0.993. The number of hydrogen-bond acceptors (Lipinski definition) is 6. The Hall–Kier alpha value is -5.64. The van der Waals surface area contributed by atoms with Gasteiger partial charge in [-0.2, -0.15) is 0 Å². The predicted molar refractivity (Wildman–Crippen MR) is 163 cm³/mol. The second kappa shape index (κ2) is 10.6. The van der Waals surface area contributed by atoms with Crippen molar-refractivity contribution in [2.45, 2.75) is 6.42 Å². The largest absolute Gasteiger partial charge is 0.374 e. The zero-order valence-electron chi connectivity index (χ0n) is 23.1. The van der Waals surface area contributed by atoms with Gasteiger partial charge in [0.15, 0.2) is 0 Å². The summed E-state index contributed by atoms with van der Waals surface area (Å²) in [7, 11) is 2.09. The van der Waals surface area contributed by atoms with Crippen LogP contribution in [0.15, 0.2) is 97.3 Å². The Morgan fingerprint density at radius 1 is 0.884 bits per heavy atom. The highest BCUT2D eigenvalue weighted by molar-refractivity contribution is 6.05. The van der Waals surface area contributed by atoms with Gasteiger partial charge in [0.05, 0.1) is 17.1 Å². The molecule has 10 heteroatoms. The van der Waals surface area contributed by atoms with Crippen LogP contribution in [0.5, 0.6) is 0 Å². The van der Waals surface area contributed by atoms with Gasteiger partial charge in [-0.15, -0.1) is 0 Å². The monoisotopic (exact) mass is 573 g/mol. The van der Waals surface area contributed by atoms with Gasteiger partial charge in [0.2, 0.25) is 5.95 Å². The molecule has 6 aromatic rings. The van der Waals surface area contributed by atoms with Gasteiger partial charge in [-0.25, -0.2) is 23.7 Å². The molecule has 0 spiro atoms. The molecule has 0 fully saturated rings. The SMILES string of the molecule is CN1CCc2cc(Nc3nccc(-c4c(-c5cccc(NC(=O)c6c(F)cccc6F)c5)nc5ccccn45)n3)ccc21. The summed E-state index contributed by atoms with van der Waals surface area (Å²) in [5.41, 5.74) is 6.48. The van der Waals surface area contributed by atoms with E-state index in [9.17, 15) is 13.6 Å². The first-order valence-corrected chi connectivity index (χ1v) is 13.7. The molecular formula is C33H25F2N7O. The van der Waals surface area contributed by atoms with E-state index < -0.39 is 23.1 Å².